The maximum absolute atomic E-state index is 4.15. The zero-order chi connectivity index (χ0) is 11.3. The molecule has 86 valence electrons. The minimum absolute atomic E-state index is 0.554. The first kappa shape index (κ1) is 12.7. The van der Waals surface area contributed by atoms with Gasteiger partial charge in [0.05, 0.1) is 0 Å². The first-order chi connectivity index (χ1) is 7.15. The number of alkyl halides is 1. The van der Waals surface area contributed by atoms with Crippen molar-refractivity contribution < 1.29 is 0 Å². The zero-order valence-electron chi connectivity index (χ0n) is 9.70. The normalized spacial score (nSPS) is 13.4. The highest BCUT2D eigenvalue weighted by molar-refractivity contribution is 9.09. The van der Waals surface area contributed by atoms with Crippen LogP contribution in [-0.2, 0) is 13.5 Å². The summed E-state index contributed by atoms with van der Waals surface area (Å²) >= 11 is 3.53. The van der Waals surface area contributed by atoms with Gasteiger partial charge in [0.25, 0.3) is 0 Å². The number of rotatable bonds is 6. The Morgan fingerprint density at radius 1 is 1.53 bits per heavy atom. The fraction of sp³-hybridized carbons (Fsp3) is 0.727. The van der Waals surface area contributed by atoms with E-state index >= 15 is 0 Å². The molecule has 1 N–H and O–H groups in total. The molecular weight excluding hydrogens is 254 g/mol. The number of hydrogen-bond donors (Lipinski definition) is 1. The molecule has 0 radical (unpaired) electrons. The van der Waals surface area contributed by atoms with Crippen LogP contribution >= 0.6 is 15.9 Å². The Kier molecular flexibility index (Phi) is 5.32. The van der Waals surface area contributed by atoms with E-state index in [0.717, 1.165) is 18.3 Å². The van der Waals surface area contributed by atoms with E-state index in [4.69, 9.17) is 0 Å². The minimum Gasteiger partial charge on any atom is -0.313 e. The predicted octanol–water partition coefficient (Wildman–Crippen LogP) is 1.97. The van der Waals surface area contributed by atoms with Crippen LogP contribution in [0.25, 0.3) is 0 Å². The molecular formula is C11H20BrN3. The van der Waals surface area contributed by atoms with Crippen LogP contribution in [0.2, 0.25) is 0 Å². The lowest BCUT2D eigenvalue weighted by atomic mass is 10.1. The Bertz CT molecular complexity index is 283. The average molecular weight is 274 g/mol. The summed E-state index contributed by atoms with van der Waals surface area (Å²) in [6, 6.07) is 2.62. The van der Waals surface area contributed by atoms with E-state index in [1.165, 1.54) is 5.69 Å². The highest BCUT2D eigenvalue weighted by atomic mass is 79.9. The van der Waals surface area contributed by atoms with Crippen LogP contribution in [0.4, 0.5) is 0 Å². The number of hydrogen-bond acceptors (Lipinski definition) is 2. The highest BCUT2D eigenvalue weighted by Crippen LogP contribution is 2.05. The Hall–Kier alpha value is -0.350. The first-order valence-electron chi connectivity index (χ1n) is 5.41. The molecule has 0 aliphatic heterocycles. The number of nitrogens with zero attached hydrogens (tertiary/aromatic N) is 2. The second kappa shape index (κ2) is 6.28. The van der Waals surface area contributed by atoms with Gasteiger partial charge in [-0.1, -0.05) is 29.8 Å². The van der Waals surface area contributed by atoms with Crippen molar-refractivity contribution in [2.75, 3.05) is 11.9 Å². The number of aryl methyl sites for hydroxylation is 1. The smallest absolute Gasteiger partial charge is 0.0492 e. The van der Waals surface area contributed by atoms with Crippen molar-refractivity contribution in [3.8, 4) is 0 Å². The third-order valence-electron chi connectivity index (χ3n) is 2.68. The molecule has 4 heteroatoms. The number of halogens is 1. The van der Waals surface area contributed by atoms with Crippen molar-refractivity contribution in [3.63, 3.8) is 0 Å². The SMILES string of the molecule is CC(C)C(CBr)NCCc1ccnn1C. The Balaban J connectivity index is 2.29. The summed E-state index contributed by atoms with van der Waals surface area (Å²) in [4.78, 5) is 0. The van der Waals surface area contributed by atoms with Crippen LogP contribution in [0.3, 0.4) is 0 Å². The van der Waals surface area contributed by atoms with Gasteiger partial charge in [-0.2, -0.15) is 5.10 Å². The second-order valence-electron chi connectivity index (χ2n) is 4.16. The van der Waals surface area contributed by atoms with Crippen LogP contribution in [0, 0.1) is 5.92 Å². The van der Waals surface area contributed by atoms with Crippen molar-refractivity contribution in [3.05, 3.63) is 18.0 Å². The predicted molar refractivity (Wildman–Crippen MR) is 67.3 cm³/mol. The molecule has 1 rings (SSSR count). The summed E-state index contributed by atoms with van der Waals surface area (Å²) in [6.45, 7) is 5.49. The van der Waals surface area contributed by atoms with Crippen LogP contribution in [0.5, 0.6) is 0 Å². The molecule has 0 aliphatic rings. The van der Waals surface area contributed by atoms with Crippen molar-refractivity contribution in [1.29, 1.82) is 0 Å². The van der Waals surface area contributed by atoms with Gasteiger partial charge in [-0.05, 0) is 12.0 Å². The molecule has 1 aromatic rings. The van der Waals surface area contributed by atoms with Gasteiger partial charge >= 0.3 is 0 Å². The van der Waals surface area contributed by atoms with Gasteiger partial charge in [0.1, 0.15) is 0 Å². The highest BCUT2D eigenvalue weighted by Gasteiger charge is 2.10. The summed E-state index contributed by atoms with van der Waals surface area (Å²) in [5.41, 5.74) is 1.28. The van der Waals surface area contributed by atoms with Crippen molar-refractivity contribution in [1.82, 2.24) is 15.1 Å². The van der Waals surface area contributed by atoms with E-state index in [0.29, 0.717) is 12.0 Å². The zero-order valence-corrected chi connectivity index (χ0v) is 11.3. The van der Waals surface area contributed by atoms with Gasteiger partial charge in [0.15, 0.2) is 0 Å². The number of nitrogens with one attached hydrogen (secondary N) is 1. The molecule has 3 nitrogen and oxygen atoms in total. The van der Waals surface area contributed by atoms with E-state index in [9.17, 15) is 0 Å². The third-order valence-corrected chi connectivity index (χ3v) is 3.38. The fourth-order valence-electron chi connectivity index (χ4n) is 1.50. The summed E-state index contributed by atoms with van der Waals surface area (Å²) in [7, 11) is 1.99. The maximum atomic E-state index is 4.15. The van der Waals surface area contributed by atoms with E-state index in [1.54, 1.807) is 0 Å². The quantitative estimate of drug-likeness (QED) is 0.804. The molecule has 15 heavy (non-hydrogen) atoms. The lowest BCUT2D eigenvalue weighted by Gasteiger charge is -2.19. The van der Waals surface area contributed by atoms with E-state index in [2.05, 4.69) is 46.3 Å². The molecule has 0 aromatic carbocycles. The molecule has 1 aromatic heterocycles. The van der Waals surface area contributed by atoms with Crippen LogP contribution in [0.15, 0.2) is 12.3 Å². The van der Waals surface area contributed by atoms with Crippen LogP contribution in [0.1, 0.15) is 19.5 Å². The first-order valence-corrected chi connectivity index (χ1v) is 6.53. The van der Waals surface area contributed by atoms with E-state index in [-0.39, 0.29) is 0 Å². The summed E-state index contributed by atoms with van der Waals surface area (Å²) in [6.07, 6.45) is 2.88. The Morgan fingerprint density at radius 3 is 2.73 bits per heavy atom. The molecule has 1 heterocycles. The lowest BCUT2D eigenvalue weighted by Crippen LogP contribution is -2.36. The topological polar surface area (TPSA) is 29.9 Å². The van der Waals surface area contributed by atoms with Gasteiger partial charge in [-0.3, -0.25) is 4.68 Å². The monoisotopic (exact) mass is 273 g/mol. The lowest BCUT2D eigenvalue weighted by molar-refractivity contribution is 0.435. The summed E-state index contributed by atoms with van der Waals surface area (Å²) in [5.74, 6) is 0.663. The molecule has 0 saturated heterocycles. The largest absolute Gasteiger partial charge is 0.313 e. The van der Waals surface area contributed by atoms with Gasteiger partial charge in [0.2, 0.25) is 0 Å². The molecule has 0 saturated carbocycles. The van der Waals surface area contributed by atoms with Gasteiger partial charge in [-0.15, -0.1) is 0 Å². The molecule has 0 bridgehead atoms. The van der Waals surface area contributed by atoms with E-state index in [1.807, 2.05) is 17.9 Å². The van der Waals surface area contributed by atoms with Crippen molar-refractivity contribution in [2.45, 2.75) is 26.3 Å². The second-order valence-corrected chi connectivity index (χ2v) is 4.80. The summed E-state index contributed by atoms with van der Waals surface area (Å²) in [5, 5.41) is 8.71. The number of aromatic nitrogens is 2. The van der Waals surface area contributed by atoms with Gasteiger partial charge < -0.3 is 5.32 Å². The summed E-state index contributed by atoms with van der Waals surface area (Å²) < 4.78 is 1.93. The standard InChI is InChI=1S/C11H20BrN3/c1-9(2)11(8-12)13-6-4-10-5-7-14-15(10)3/h5,7,9,11,13H,4,6,8H2,1-3H3. The molecule has 1 atom stereocenters. The Morgan fingerprint density at radius 2 is 2.27 bits per heavy atom. The van der Waals surface area contributed by atoms with Crippen molar-refractivity contribution >= 4 is 15.9 Å². The molecule has 0 spiro atoms. The molecule has 1 unspecified atom stereocenters. The third kappa shape index (κ3) is 3.95. The molecule has 0 fully saturated rings. The van der Waals surface area contributed by atoms with Crippen molar-refractivity contribution in [2.24, 2.45) is 13.0 Å². The fourth-order valence-corrected chi connectivity index (χ4v) is 2.48. The van der Waals surface area contributed by atoms with Gasteiger partial charge in [-0.25, -0.2) is 0 Å². The van der Waals surface area contributed by atoms with Gasteiger partial charge in [0, 0.05) is 43.3 Å². The van der Waals surface area contributed by atoms with E-state index < -0.39 is 0 Å². The Labute approximate surface area is 100 Å². The van der Waals surface area contributed by atoms with Crippen LogP contribution < -0.4 is 5.32 Å². The van der Waals surface area contributed by atoms with Crippen LogP contribution in [-0.4, -0.2) is 27.7 Å². The molecule has 0 aliphatic carbocycles. The minimum atomic E-state index is 0.554. The average Bonchev–Trinajstić information content (AvgIpc) is 2.58. The maximum Gasteiger partial charge on any atom is 0.0492 e. The molecule has 0 amide bonds.